The number of hydrogen-bond donors (Lipinski definition) is 1. The first-order valence-electron chi connectivity index (χ1n) is 7.84. The molecule has 23 heavy (non-hydrogen) atoms. The summed E-state index contributed by atoms with van der Waals surface area (Å²) in [7, 11) is -3.17. The molecule has 0 atom stereocenters. The van der Waals surface area contributed by atoms with Gasteiger partial charge in [0.25, 0.3) is 0 Å². The third kappa shape index (κ3) is 4.51. The summed E-state index contributed by atoms with van der Waals surface area (Å²) >= 11 is 0. The van der Waals surface area contributed by atoms with Gasteiger partial charge >= 0.3 is 0 Å². The van der Waals surface area contributed by atoms with E-state index >= 15 is 0 Å². The molecular weight excluding hydrogens is 319 g/mol. The number of nitrogens with zero attached hydrogens (tertiary/aromatic N) is 1. The van der Waals surface area contributed by atoms with Gasteiger partial charge < -0.3 is 5.32 Å². The largest absolute Gasteiger partial charge is 0.352 e. The Bertz CT molecular complexity index is 668. The highest BCUT2D eigenvalue weighted by Gasteiger charge is 2.29. The van der Waals surface area contributed by atoms with E-state index in [4.69, 9.17) is 0 Å². The van der Waals surface area contributed by atoms with E-state index in [9.17, 15) is 17.6 Å². The first kappa shape index (κ1) is 17.9. The van der Waals surface area contributed by atoms with Crippen molar-refractivity contribution >= 4 is 15.9 Å². The van der Waals surface area contributed by atoms with Crippen LogP contribution in [0.25, 0.3) is 0 Å². The van der Waals surface area contributed by atoms with Gasteiger partial charge in [0.1, 0.15) is 5.82 Å². The van der Waals surface area contributed by atoms with Gasteiger partial charge in [-0.1, -0.05) is 12.1 Å². The first-order valence-corrected chi connectivity index (χ1v) is 9.45. The highest BCUT2D eigenvalue weighted by molar-refractivity contribution is 7.89. The maximum absolute atomic E-state index is 13.5. The second-order valence-corrected chi connectivity index (χ2v) is 8.13. The Kier molecular flexibility index (Phi) is 5.75. The van der Waals surface area contributed by atoms with Crippen LogP contribution in [-0.2, 0) is 21.4 Å². The molecule has 7 heteroatoms. The van der Waals surface area contributed by atoms with Gasteiger partial charge in [-0.15, -0.1) is 0 Å². The van der Waals surface area contributed by atoms with Crippen molar-refractivity contribution in [3.05, 3.63) is 35.1 Å². The minimum absolute atomic E-state index is 0.0862. The lowest BCUT2D eigenvalue weighted by Crippen LogP contribution is -2.43. The maximum atomic E-state index is 13.5. The molecule has 1 saturated heterocycles. The van der Waals surface area contributed by atoms with Crippen molar-refractivity contribution in [2.45, 2.75) is 33.2 Å². The van der Waals surface area contributed by atoms with Crippen molar-refractivity contribution < 1.29 is 17.6 Å². The summed E-state index contributed by atoms with van der Waals surface area (Å²) in [4.78, 5) is 12.2. The zero-order valence-corrected chi connectivity index (χ0v) is 14.3. The van der Waals surface area contributed by atoms with Crippen LogP contribution in [0.5, 0.6) is 0 Å². The van der Waals surface area contributed by atoms with E-state index in [0.29, 0.717) is 37.1 Å². The van der Waals surface area contributed by atoms with Crippen LogP contribution in [0.4, 0.5) is 4.39 Å². The molecule has 0 aliphatic carbocycles. The first-order chi connectivity index (χ1) is 10.8. The van der Waals surface area contributed by atoms with Crippen molar-refractivity contribution in [1.29, 1.82) is 0 Å². The number of halogens is 1. The van der Waals surface area contributed by atoms with E-state index < -0.39 is 10.0 Å². The third-order valence-electron chi connectivity index (χ3n) is 4.29. The van der Waals surface area contributed by atoms with E-state index in [1.807, 2.05) is 0 Å². The fourth-order valence-electron chi connectivity index (χ4n) is 2.66. The summed E-state index contributed by atoms with van der Waals surface area (Å²) in [5.41, 5.74) is 1.29. The molecule has 1 N–H and O–H groups in total. The van der Waals surface area contributed by atoms with Crippen LogP contribution >= 0.6 is 0 Å². The SMILES string of the molecule is CCS(=O)(=O)N1CCC(C(=O)NCc2ccc(C)c(F)c2)CC1. The van der Waals surface area contributed by atoms with Crippen LogP contribution in [0.15, 0.2) is 18.2 Å². The van der Waals surface area contributed by atoms with Crippen molar-refractivity contribution in [1.82, 2.24) is 9.62 Å². The number of rotatable bonds is 5. The molecule has 0 aromatic heterocycles. The van der Waals surface area contributed by atoms with Crippen LogP contribution < -0.4 is 5.32 Å². The monoisotopic (exact) mass is 342 g/mol. The number of piperidine rings is 1. The molecule has 0 bridgehead atoms. The number of sulfonamides is 1. The predicted octanol–water partition coefficient (Wildman–Crippen LogP) is 1.81. The molecule has 1 aliphatic rings. The standard InChI is InChI=1S/C16H23FN2O3S/c1-3-23(21,22)19-8-6-14(7-9-19)16(20)18-11-13-5-4-12(2)15(17)10-13/h4-5,10,14H,3,6-9,11H2,1-2H3,(H,18,20). The van der Waals surface area contributed by atoms with Crippen LogP contribution in [-0.4, -0.2) is 37.5 Å². The number of aryl methyl sites for hydroxylation is 1. The molecule has 0 radical (unpaired) electrons. The van der Waals surface area contributed by atoms with Gasteiger partial charge in [0.15, 0.2) is 0 Å². The summed E-state index contributed by atoms with van der Waals surface area (Å²) in [5, 5.41) is 2.81. The highest BCUT2D eigenvalue weighted by atomic mass is 32.2. The summed E-state index contributed by atoms with van der Waals surface area (Å²) in [5.74, 6) is -0.481. The van der Waals surface area contributed by atoms with E-state index in [-0.39, 0.29) is 29.9 Å². The molecular formula is C16H23FN2O3S. The van der Waals surface area contributed by atoms with Crippen molar-refractivity contribution in [3.63, 3.8) is 0 Å². The fourth-order valence-corrected chi connectivity index (χ4v) is 3.79. The van der Waals surface area contributed by atoms with Gasteiger partial charge in [0.2, 0.25) is 15.9 Å². The minimum atomic E-state index is -3.17. The van der Waals surface area contributed by atoms with Crippen molar-refractivity contribution in [3.8, 4) is 0 Å². The zero-order chi connectivity index (χ0) is 17.0. The van der Waals surface area contributed by atoms with Gasteiger partial charge in [-0.25, -0.2) is 17.1 Å². The molecule has 1 aliphatic heterocycles. The number of carbonyl (C=O) groups is 1. The van der Waals surface area contributed by atoms with Gasteiger partial charge in [0, 0.05) is 25.6 Å². The summed E-state index contributed by atoms with van der Waals surface area (Å²) in [6.45, 7) is 4.36. The third-order valence-corrected chi connectivity index (χ3v) is 6.17. The van der Waals surface area contributed by atoms with E-state index in [2.05, 4.69) is 5.32 Å². The average molecular weight is 342 g/mol. The number of benzene rings is 1. The molecule has 1 aromatic carbocycles. The van der Waals surface area contributed by atoms with Crippen LogP contribution in [0.1, 0.15) is 30.9 Å². The van der Waals surface area contributed by atoms with E-state index in [0.717, 1.165) is 0 Å². The molecule has 2 rings (SSSR count). The Hall–Kier alpha value is -1.47. The summed E-state index contributed by atoms with van der Waals surface area (Å²) in [6, 6.07) is 4.89. The lowest BCUT2D eigenvalue weighted by atomic mass is 9.97. The molecule has 1 amide bonds. The van der Waals surface area contributed by atoms with Crippen molar-refractivity contribution in [2.75, 3.05) is 18.8 Å². The highest BCUT2D eigenvalue weighted by Crippen LogP contribution is 2.20. The number of carbonyl (C=O) groups excluding carboxylic acids is 1. The van der Waals surface area contributed by atoms with E-state index in [1.54, 1.807) is 26.0 Å². The average Bonchev–Trinajstić information content (AvgIpc) is 2.55. The Morgan fingerprint density at radius 2 is 2.00 bits per heavy atom. The molecule has 5 nitrogen and oxygen atoms in total. The van der Waals surface area contributed by atoms with E-state index in [1.165, 1.54) is 10.4 Å². The Labute approximate surface area is 136 Å². The fraction of sp³-hybridized carbons (Fsp3) is 0.562. The molecule has 0 spiro atoms. The molecule has 1 fully saturated rings. The Balaban J connectivity index is 1.84. The number of hydrogen-bond acceptors (Lipinski definition) is 3. The lowest BCUT2D eigenvalue weighted by Gasteiger charge is -2.30. The molecule has 128 valence electrons. The zero-order valence-electron chi connectivity index (χ0n) is 13.5. The van der Waals surface area contributed by atoms with Crippen LogP contribution in [0.2, 0.25) is 0 Å². The number of nitrogens with one attached hydrogen (secondary N) is 1. The van der Waals surface area contributed by atoms with Crippen LogP contribution in [0.3, 0.4) is 0 Å². The maximum Gasteiger partial charge on any atom is 0.223 e. The van der Waals surface area contributed by atoms with Crippen LogP contribution in [0, 0.1) is 18.7 Å². The second kappa shape index (κ2) is 7.40. The molecule has 0 unspecified atom stereocenters. The smallest absolute Gasteiger partial charge is 0.223 e. The molecule has 1 aromatic rings. The van der Waals surface area contributed by atoms with Gasteiger partial charge in [-0.2, -0.15) is 0 Å². The van der Waals surface area contributed by atoms with Gasteiger partial charge in [-0.3, -0.25) is 4.79 Å². The quantitative estimate of drug-likeness (QED) is 0.887. The molecule has 1 heterocycles. The second-order valence-electron chi connectivity index (χ2n) is 5.88. The topological polar surface area (TPSA) is 66.5 Å². The number of amides is 1. The summed E-state index contributed by atoms with van der Waals surface area (Å²) < 4.78 is 38.5. The van der Waals surface area contributed by atoms with Gasteiger partial charge in [-0.05, 0) is 43.9 Å². The normalized spacial score (nSPS) is 17.2. The molecule has 0 saturated carbocycles. The lowest BCUT2D eigenvalue weighted by molar-refractivity contribution is -0.126. The Morgan fingerprint density at radius 3 is 2.57 bits per heavy atom. The predicted molar refractivity (Wildman–Crippen MR) is 86.7 cm³/mol. The van der Waals surface area contributed by atoms with Crippen molar-refractivity contribution in [2.24, 2.45) is 5.92 Å². The Morgan fingerprint density at radius 1 is 1.35 bits per heavy atom. The minimum Gasteiger partial charge on any atom is -0.352 e. The van der Waals surface area contributed by atoms with Gasteiger partial charge in [0.05, 0.1) is 5.75 Å². The summed E-state index contributed by atoms with van der Waals surface area (Å²) in [6.07, 6.45) is 1.04.